The minimum atomic E-state index is 0.681. The maximum atomic E-state index is 5.95. The standard InChI is InChI=1S/C14H11BrClN3/c15-10-1-4-12(5-2-10)17-7-13-9-19-8-11(16)3-6-14(19)18-13/h1-6,8-9,17H,7H2. The lowest BCUT2D eigenvalue weighted by Crippen LogP contribution is -1.99. The summed E-state index contributed by atoms with van der Waals surface area (Å²) in [5, 5.41) is 4.04. The Hall–Kier alpha value is -1.52. The zero-order valence-electron chi connectivity index (χ0n) is 9.98. The number of aromatic nitrogens is 2. The summed E-state index contributed by atoms with van der Waals surface area (Å²) in [4.78, 5) is 4.52. The molecule has 0 spiro atoms. The number of benzene rings is 1. The number of hydrogen-bond donors (Lipinski definition) is 1. The van der Waals surface area contributed by atoms with Gasteiger partial charge in [-0.05, 0) is 36.4 Å². The number of rotatable bonds is 3. The van der Waals surface area contributed by atoms with Gasteiger partial charge in [-0.2, -0.15) is 0 Å². The van der Waals surface area contributed by atoms with Crippen molar-refractivity contribution in [2.24, 2.45) is 0 Å². The second-order valence-electron chi connectivity index (χ2n) is 4.21. The largest absolute Gasteiger partial charge is 0.379 e. The third-order valence-electron chi connectivity index (χ3n) is 2.78. The van der Waals surface area contributed by atoms with Crippen LogP contribution in [0.25, 0.3) is 5.65 Å². The molecule has 0 saturated carbocycles. The van der Waals surface area contributed by atoms with Gasteiger partial charge in [-0.3, -0.25) is 0 Å². The molecule has 0 bridgehead atoms. The highest BCUT2D eigenvalue weighted by Gasteiger charge is 2.02. The van der Waals surface area contributed by atoms with Gasteiger partial charge in [-0.1, -0.05) is 27.5 Å². The van der Waals surface area contributed by atoms with Crippen LogP contribution in [0.2, 0.25) is 5.02 Å². The minimum Gasteiger partial charge on any atom is -0.379 e. The third kappa shape index (κ3) is 2.91. The van der Waals surface area contributed by atoms with E-state index in [2.05, 4.69) is 26.2 Å². The molecule has 19 heavy (non-hydrogen) atoms. The molecule has 96 valence electrons. The zero-order valence-corrected chi connectivity index (χ0v) is 12.3. The predicted molar refractivity (Wildman–Crippen MR) is 81.7 cm³/mol. The molecule has 1 aromatic carbocycles. The van der Waals surface area contributed by atoms with Gasteiger partial charge < -0.3 is 9.72 Å². The lowest BCUT2D eigenvalue weighted by atomic mass is 10.3. The smallest absolute Gasteiger partial charge is 0.137 e. The maximum Gasteiger partial charge on any atom is 0.137 e. The molecule has 0 radical (unpaired) electrons. The van der Waals surface area contributed by atoms with Crippen molar-refractivity contribution < 1.29 is 0 Å². The number of nitrogens with one attached hydrogen (secondary N) is 1. The molecule has 1 N–H and O–H groups in total. The molecule has 0 fully saturated rings. The Morgan fingerprint density at radius 2 is 1.89 bits per heavy atom. The highest BCUT2D eigenvalue weighted by atomic mass is 79.9. The van der Waals surface area contributed by atoms with Crippen LogP contribution in [-0.4, -0.2) is 9.38 Å². The Kier molecular flexibility index (Phi) is 3.44. The Bertz CT molecular complexity index is 706. The molecule has 3 rings (SSSR count). The van der Waals surface area contributed by atoms with Crippen molar-refractivity contribution in [3.05, 3.63) is 64.0 Å². The number of hydrogen-bond acceptors (Lipinski definition) is 2. The van der Waals surface area contributed by atoms with Crippen molar-refractivity contribution in [1.82, 2.24) is 9.38 Å². The fourth-order valence-corrected chi connectivity index (χ4v) is 2.30. The zero-order chi connectivity index (χ0) is 13.2. The second kappa shape index (κ2) is 5.23. The lowest BCUT2D eigenvalue weighted by Gasteiger charge is -2.03. The molecule has 5 heteroatoms. The van der Waals surface area contributed by atoms with Gasteiger partial charge in [0.15, 0.2) is 0 Å². The van der Waals surface area contributed by atoms with E-state index < -0.39 is 0 Å². The first-order valence-corrected chi connectivity index (χ1v) is 7.00. The van der Waals surface area contributed by atoms with Crippen LogP contribution in [0.1, 0.15) is 5.69 Å². The van der Waals surface area contributed by atoms with E-state index in [0.29, 0.717) is 11.6 Å². The molecule has 3 aromatic rings. The van der Waals surface area contributed by atoms with Crippen LogP contribution in [0.5, 0.6) is 0 Å². The van der Waals surface area contributed by atoms with E-state index in [1.54, 1.807) is 0 Å². The van der Waals surface area contributed by atoms with E-state index >= 15 is 0 Å². The average molecular weight is 337 g/mol. The molecule has 0 amide bonds. The molecule has 0 saturated heterocycles. The topological polar surface area (TPSA) is 29.3 Å². The first-order valence-electron chi connectivity index (χ1n) is 5.83. The van der Waals surface area contributed by atoms with Gasteiger partial charge >= 0.3 is 0 Å². The lowest BCUT2D eigenvalue weighted by molar-refractivity contribution is 1.08. The second-order valence-corrected chi connectivity index (χ2v) is 5.56. The number of fused-ring (bicyclic) bond motifs is 1. The number of nitrogens with zero attached hydrogens (tertiary/aromatic N) is 2. The van der Waals surface area contributed by atoms with Crippen LogP contribution < -0.4 is 5.32 Å². The molecule has 0 aliphatic rings. The summed E-state index contributed by atoms with van der Waals surface area (Å²) >= 11 is 9.36. The Morgan fingerprint density at radius 1 is 1.11 bits per heavy atom. The van der Waals surface area contributed by atoms with Gasteiger partial charge in [0.1, 0.15) is 5.65 Å². The summed E-state index contributed by atoms with van der Waals surface area (Å²) in [6.45, 7) is 0.681. The monoisotopic (exact) mass is 335 g/mol. The van der Waals surface area contributed by atoms with Crippen LogP contribution in [0.4, 0.5) is 5.69 Å². The average Bonchev–Trinajstić information content (AvgIpc) is 2.80. The summed E-state index contributed by atoms with van der Waals surface area (Å²) in [7, 11) is 0. The van der Waals surface area contributed by atoms with Crippen LogP contribution >= 0.6 is 27.5 Å². The fraction of sp³-hybridized carbons (Fsp3) is 0.0714. The van der Waals surface area contributed by atoms with Crippen molar-refractivity contribution in [3.63, 3.8) is 0 Å². The van der Waals surface area contributed by atoms with Crippen molar-refractivity contribution in [2.75, 3.05) is 5.32 Å². The van der Waals surface area contributed by atoms with Crippen molar-refractivity contribution in [3.8, 4) is 0 Å². The molecule has 0 atom stereocenters. The van der Waals surface area contributed by atoms with Gasteiger partial charge in [0, 0.05) is 22.6 Å². The molecule has 2 aromatic heterocycles. The first kappa shape index (κ1) is 12.5. The quantitative estimate of drug-likeness (QED) is 0.770. The molecular weight excluding hydrogens is 326 g/mol. The van der Waals surface area contributed by atoms with Crippen LogP contribution in [0.3, 0.4) is 0 Å². The minimum absolute atomic E-state index is 0.681. The van der Waals surface area contributed by atoms with Crippen LogP contribution in [0.15, 0.2) is 53.3 Å². The highest BCUT2D eigenvalue weighted by molar-refractivity contribution is 9.10. The van der Waals surface area contributed by atoms with Crippen molar-refractivity contribution in [2.45, 2.75) is 6.54 Å². The number of anilines is 1. The van der Waals surface area contributed by atoms with Gasteiger partial charge in [0.25, 0.3) is 0 Å². The highest BCUT2D eigenvalue weighted by Crippen LogP contribution is 2.16. The molecule has 0 aliphatic carbocycles. The van der Waals surface area contributed by atoms with Gasteiger partial charge in [0.2, 0.25) is 0 Å². The molecular formula is C14H11BrClN3. The SMILES string of the molecule is Clc1ccc2nc(CNc3ccc(Br)cc3)cn2c1. The Morgan fingerprint density at radius 3 is 2.68 bits per heavy atom. The summed E-state index contributed by atoms with van der Waals surface area (Å²) in [5.74, 6) is 0. The van der Waals surface area contributed by atoms with Crippen LogP contribution in [-0.2, 0) is 6.54 Å². The van der Waals surface area contributed by atoms with E-state index in [0.717, 1.165) is 21.5 Å². The summed E-state index contributed by atoms with van der Waals surface area (Å²) in [5.41, 5.74) is 2.94. The van der Waals surface area contributed by atoms with Crippen molar-refractivity contribution >= 4 is 38.9 Å². The van der Waals surface area contributed by atoms with E-state index in [9.17, 15) is 0 Å². The molecule has 2 heterocycles. The summed E-state index contributed by atoms with van der Waals surface area (Å²) in [6.07, 6.45) is 3.83. The normalized spacial score (nSPS) is 10.8. The van der Waals surface area contributed by atoms with E-state index in [1.807, 2.05) is 53.2 Å². The fourth-order valence-electron chi connectivity index (χ4n) is 1.86. The molecule has 0 aliphatic heterocycles. The maximum absolute atomic E-state index is 5.95. The predicted octanol–water partition coefficient (Wildman–Crippen LogP) is 4.36. The van der Waals surface area contributed by atoms with Crippen molar-refractivity contribution in [1.29, 1.82) is 0 Å². The molecule has 0 unspecified atom stereocenters. The van der Waals surface area contributed by atoms with Gasteiger partial charge in [-0.15, -0.1) is 0 Å². The number of halogens is 2. The van der Waals surface area contributed by atoms with Gasteiger partial charge in [-0.25, -0.2) is 4.98 Å². The van der Waals surface area contributed by atoms with E-state index in [1.165, 1.54) is 0 Å². The van der Waals surface area contributed by atoms with Gasteiger partial charge in [0.05, 0.1) is 17.3 Å². The first-order chi connectivity index (χ1) is 9.20. The van der Waals surface area contributed by atoms with E-state index in [-0.39, 0.29) is 0 Å². The molecule has 3 nitrogen and oxygen atoms in total. The number of imidazole rings is 1. The van der Waals surface area contributed by atoms with Crippen LogP contribution in [0, 0.1) is 0 Å². The van der Waals surface area contributed by atoms with E-state index in [4.69, 9.17) is 11.6 Å². The Labute approximate surface area is 124 Å². The number of pyridine rings is 1. The third-order valence-corrected chi connectivity index (χ3v) is 3.53. The Balaban J connectivity index is 1.76. The summed E-state index contributed by atoms with van der Waals surface area (Å²) in [6, 6.07) is 11.8. The summed E-state index contributed by atoms with van der Waals surface area (Å²) < 4.78 is 3.00.